The predicted molar refractivity (Wildman–Crippen MR) is 358 cm³/mol. The minimum absolute atomic E-state index is 0.0478. The molecule has 2 atom stereocenters. The molecule has 478 valence electrons. The fourth-order valence-electron chi connectivity index (χ4n) is 9.63. The van der Waals surface area contributed by atoms with Gasteiger partial charge in [-0.2, -0.15) is 0 Å². The molecule has 0 aromatic rings. The van der Waals surface area contributed by atoms with Crippen molar-refractivity contribution in [1.29, 1.82) is 0 Å². The van der Waals surface area contributed by atoms with Crippen molar-refractivity contribution in [3.63, 3.8) is 0 Å². The summed E-state index contributed by atoms with van der Waals surface area (Å²) in [5, 5.41) is 0. The molecule has 0 amide bonds. The Bertz CT molecular complexity index is 1730. The Morgan fingerprint density at radius 2 is 0.663 bits per heavy atom. The zero-order valence-electron chi connectivity index (χ0n) is 53.7. The van der Waals surface area contributed by atoms with Crippen LogP contribution in [-0.2, 0) is 32.7 Å². The Morgan fingerprint density at radius 1 is 0.373 bits per heavy atom. The maximum absolute atomic E-state index is 12.8. The van der Waals surface area contributed by atoms with Crippen molar-refractivity contribution in [2.45, 2.75) is 315 Å². The molecule has 0 aliphatic heterocycles. The van der Waals surface area contributed by atoms with E-state index in [1.54, 1.807) is 0 Å². The Balaban J connectivity index is 3.95. The second-order valence-corrected chi connectivity index (χ2v) is 24.1. The molecule has 2 unspecified atom stereocenters. The fraction of sp³-hybridized carbons (Fsp3) is 0.726. The van der Waals surface area contributed by atoms with E-state index in [1.165, 1.54) is 173 Å². The zero-order valence-corrected chi connectivity index (χ0v) is 54.5. The third-order valence-corrected chi connectivity index (χ3v) is 15.7. The first kappa shape index (κ1) is 79.7. The van der Waals surface area contributed by atoms with Crippen molar-refractivity contribution in [3.8, 4) is 0 Å². The van der Waals surface area contributed by atoms with Crippen LogP contribution in [0.1, 0.15) is 309 Å². The molecule has 0 aliphatic rings. The van der Waals surface area contributed by atoms with E-state index in [0.717, 1.165) is 103 Å². The molecule has 0 fully saturated rings. The monoisotopic (exact) mass is 1180 g/mol. The third-order valence-electron chi connectivity index (χ3n) is 14.7. The number of esters is 2. The zero-order chi connectivity index (χ0) is 60.1. The van der Waals surface area contributed by atoms with E-state index in [4.69, 9.17) is 24.3 Å². The SMILES string of the molecule is CC/C=C\C/C=C\C/C=C\C/C=C\C/C=C\C/C=C\C/C=C\C/C=C\C/C=C\CCCCCCCCCC(=O)OC(COC(=O)CCCCCCCCCCCCCCCCCCCCCCCCCCCCC)COP(=O)(O)OCCN. The minimum atomic E-state index is -4.40. The first-order valence-corrected chi connectivity index (χ1v) is 35.9. The highest BCUT2D eigenvalue weighted by atomic mass is 31.2. The minimum Gasteiger partial charge on any atom is -0.462 e. The lowest BCUT2D eigenvalue weighted by molar-refractivity contribution is -0.161. The molecule has 83 heavy (non-hydrogen) atoms. The van der Waals surface area contributed by atoms with Crippen LogP contribution in [0.3, 0.4) is 0 Å². The van der Waals surface area contributed by atoms with Crippen molar-refractivity contribution in [3.05, 3.63) is 109 Å². The van der Waals surface area contributed by atoms with Gasteiger partial charge in [0.1, 0.15) is 6.61 Å². The van der Waals surface area contributed by atoms with Gasteiger partial charge in [-0.1, -0.05) is 322 Å². The summed E-state index contributed by atoms with van der Waals surface area (Å²) >= 11 is 0. The highest BCUT2D eigenvalue weighted by Crippen LogP contribution is 2.43. The summed E-state index contributed by atoms with van der Waals surface area (Å²) in [7, 11) is -4.40. The summed E-state index contributed by atoms with van der Waals surface area (Å²) in [6.07, 6.45) is 93.2. The van der Waals surface area contributed by atoms with Gasteiger partial charge in [-0.15, -0.1) is 0 Å². The van der Waals surface area contributed by atoms with Crippen LogP contribution in [0, 0.1) is 0 Å². The molecular weight excluding hydrogens is 1050 g/mol. The number of rotatable bonds is 64. The smallest absolute Gasteiger partial charge is 0.462 e. The van der Waals surface area contributed by atoms with E-state index >= 15 is 0 Å². The lowest BCUT2D eigenvalue weighted by atomic mass is 10.0. The molecule has 0 saturated carbocycles. The number of unbranched alkanes of at least 4 members (excludes halogenated alkanes) is 33. The van der Waals surface area contributed by atoms with Crippen LogP contribution in [0.2, 0.25) is 0 Å². The number of nitrogens with two attached hydrogens (primary N) is 1. The Hall–Kier alpha value is -3.33. The van der Waals surface area contributed by atoms with Crippen LogP contribution in [0.25, 0.3) is 0 Å². The number of hydrogen-bond donors (Lipinski definition) is 2. The molecule has 3 N–H and O–H groups in total. The summed E-state index contributed by atoms with van der Waals surface area (Å²) in [5.74, 6) is -0.834. The molecule has 0 rings (SSSR count). The van der Waals surface area contributed by atoms with Gasteiger partial charge in [-0.3, -0.25) is 18.6 Å². The second kappa shape index (κ2) is 67.8. The van der Waals surface area contributed by atoms with Crippen molar-refractivity contribution < 1.29 is 37.6 Å². The van der Waals surface area contributed by atoms with E-state index in [0.29, 0.717) is 6.42 Å². The molecule has 0 aromatic carbocycles. The Labute approximate surface area is 511 Å². The van der Waals surface area contributed by atoms with Crippen LogP contribution >= 0.6 is 7.82 Å². The van der Waals surface area contributed by atoms with Crippen LogP contribution < -0.4 is 5.73 Å². The van der Waals surface area contributed by atoms with E-state index < -0.39 is 26.5 Å². The topological polar surface area (TPSA) is 134 Å². The number of hydrogen-bond acceptors (Lipinski definition) is 8. The van der Waals surface area contributed by atoms with E-state index in [-0.39, 0.29) is 38.6 Å². The molecule has 0 saturated heterocycles. The lowest BCUT2D eigenvalue weighted by Crippen LogP contribution is -2.29. The second-order valence-electron chi connectivity index (χ2n) is 22.7. The molecule has 0 radical (unpaired) electrons. The average molecular weight is 1180 g/mol. The van der Waals surface area contributed by atoms with Gasteiger partial charge < -0.3 is 20.1 Å². The predicted octanol–water partition coefficient (Wildman–Crippen LogP) is 22.5. The van der Waals surface area contributed by atoms with Gasteiger partial charge in [0.15, 0.2) is 6.10 Å². The standard InChI is InChI=1S/C73H128NO8P/c1-3-5-7-9-11-13-15-17-19-21-23-25-27-29-31-32-33-34-35-36-37-38-40-42-44-46-48-50-52-54-56-58-60-62-64-66-73(76)82-71(70-81-83(77,78)80-68-67-74)69-79-72(75)65-63-61-59-57-55-53-51-49-47-45-43-41-39-30-28-26-24-22-20-18-16-14-12-10-8-6-4-2/h5,7,11,13,17,19,23,25,29,31,33-34,36-37,40,42,46,48,71H,3-4,6,8-10,12,14-16,18,20-22,24,26-28,30,32,35,38-39,41,43-45,47,49-70,74H2,1-2H3,(H,77,78)/b7-5-,13-11-,19-17-,25-23-,31-29-,34-33-,37-36-,42-40-,48-46-. The first-order valence-electron chi connectivity index (χ1n) is 34.4. The maximum Gasteiger partial charge on any atom is 0.472 e. The quantitative estimate of drug-likeness (QED) is 0.0264. The van der Waals surface area contributed by atoms with Crippen LogP contribution in [0.15, 0.2) is 109 Å². The number of ether oxygens (including phenoxy) is 2. The Kier molecular flexibility index (Phi) is 65.1. The highest BCUT2D eigenvalue weighted by molar-refractivity contribution is 7.47. The van der Waals surface area contributed by atoms with Crippen LogP contribution in [0.5, 0.6) is 0 Å². The number of carbonyl (C=O) groups excluding carboxylic acids is 2. The normalized spacial score (nSPS) is 13.6. The summed E-state index contributed by atoms with van der Waals surface area (Å²) in [5.41, 5.74) is 5.40. The van der Waals surface area contributed by atoms with Gasteiger partial charge in [-0.05, 0) is 83.5 Å². The summed E-state index contributed by atoms with van der Waals surface area (Å²) in [6, 6.07) is 0. The van der Waals surface area contributed by atoms with Gasteiger partial charge in [-0.25, -0.2) is 4.57 Å². The van der Waals surface area contributed by atoms with E-state index in [1.807, 2.05) is 0 Å². The summed E-state index contributed by atoms with van der Waals surface area (Å²) < 4.78 is 33.2. The molecule has 0 heterocycles. The van der Waals surface area contributed by atoms with Crippen molar-refractivity contribution in [2.24, 2.45) is 5.73 Å². The number of phosphoric ester groups is 1. The summed E-state index contributed by atoms with van der Waals surface area (Å²) in [6.45, 7) is 3.65. The van der Waals surface area contributed by atoms with Gasteiger partial charge in [0.05, 0.1) is 13.2 Å². The van der Waals surface area contributed by atoms with Crippen LogP contribution in [0.4, 0.5) is 0 Å². The van der Waals surface area contributed by atoms with E-state index in [9.17, 15) is 19.0 Å². The molecule has 0 aromatic heterocycles. The van der Waals surface area contributed by atoms with Crippen LogP contribution in [-0.4, -0.2) is 49.3 Å². The molecule has 9 nitrogen and oxygen atoms in total. The molecular formula is C73H128NO8P. The van der Waals surface area contributed by atoms with Gasteiger partial charge in [0, 0.05) is 19.4 Å². The third kappa shape index (κ3) is 67.7. The van der Waals surface area contributed by atoms with Gasteiger partial charge >= 0.3 is 19.8 Å². The molecule has 10 heteroatoms. The Morgan fingerprint density at radius 3 is 0.988 bits per heavy atom. The maximum atomic E-state index is 12.8. The number of allylic oxidation sites excluding steroid dienone is 18. The van der Waals surface area contributed by atoms with Crippen molar-refractivity contribution in [1.82, 2.24) is 0 Å². The average Bonchev–Trinajstić information content (AvgIpc) is 3.48. The largest absolute Gasteiger partial charge is 0.472 e. The van der Waals surface area contributed by atoms with E-state index in [2.05, 4.69) is 123 Å². The van der Waals surface area contributed by atoms with Crippen molar-refractivity contribution >= 4 is 19.8 Å². The van der Waals surface area contributed by atoms with Crippen molar-refractivity contribution in [2.75, 3.05) is 26.4 Å². The lowest BCUT2D eigenvalue weighted by Gasteiger charge is -2.19. The summed E-state index contributed by atoms with van der Waals surface area (Å²) in [4.78, 5) is 35.3. The number of phosphoric acid groups is 1. The molecule has 0 spiro atoms. The fourth-order valence-corrected chi connectivity index (χ4v) is 10.4. The first-order chi connectivity index (χ1) is 40.8. The number of carbonyl (C=O) groups is 2. The molecule has 0 aliphatic carbocycles. The van der Waals surface area contributed by atoms with Gasteiger partial charge in [0.25, 0.3) is 0 Å². The van der Waals surface area contributed by atoms with Gasteiger partial charge in [0.2, 0.25) is 0 Å². The highest BCUT2D eigenvalue weighted by Gasteiger charge is 2.26. The molecule has 0 bridgehead atoms.